The molecule has 0 aliphatic carbocycles. The summed E-state index contributed by atoms with van der Waals surface area (Å²) in [6.07, 6.45) is 0.210. The first-order valence-corrected chi connectivity index (χ1v) is 11.9. The second-order valence-corrected chi connectivity index (χ2v) is 9.50. The molecule has 5 rings (SSSR count). The van der Waals surface area contributed by atoms with Gasteiger partial charge in [0.05, 0.1) is 22.7 Å². The van der Waals surface area contributed by atoms with Crippen molar-refractivity contribution in [1.29, 1.82) is 0 Å². The van der Waals surface area contributed by atoms with Crippen LogP contribution in [0.25, 0.3) is 10.2 Å². The molecule has 4 aromatic rings. The van der Waals surface area contributed by atoms with E-state index in [2.05, 4.69) is 19.1 Å². The Bertz CT molecular complexity index is 1280. The van der Waals surface area contributed by atoms with Crippen LogP contribution in [0.5, 0.6) is 0 Å². The Morgan fingerprint density at radius 1 is 1.00 bits per heavy atom. The van der Waals surface area contributed by atoms with E-state index in [1.165, 1.54) is 0 Å². The third-order valence-corrected chi connectivity index (χ3v) is 7.37. The molecule has 0 bridgehead atoms. The van der Waals surface area contributed by atoms with Crippen molar-refractivity contribution >= 4 is 44.2 Å². The molecule has 0 N–H and O–H groups in total. The van der Waals surface area contributed by atoms with E-state index in [1.807, 2.05) is 67.6 Å². The maximum Gasteiger partial charge on any atom is 0.234 e. The van der Waals surface area contributed by atoms with Crippen LogP contribution in [0.15, 0.2) is 72.8 Å². The van der Waals surface area contributed by atoms with Crippen molar-refractivity contribution in [1.82, 2.24) is 4.98 Å². The summed E-state index contributed by atoms with van der Waals surface area (Å²) in [7, 11) is 0. The number of rotatable bonds is 5. The van der Waals surface area contributed by atoms with Gasteiger partial charge in [-0.1, -0.05) is 72.0 Å². The number of hydrogen-bond acceptors (Lipinski definition) is 4. The van der Waals surface area contributed by atoms with E-state index in [9.17, 15) is 9.59 Å². The summed E-state index contributed by atoms with van der Waals surface area (Å²) in [6, 6.07) is 23.7. The maximum absolute atomic E-state index is 13.8. The number of thiazole rings is 1. The van der Waals surface area contributed by atoms with E-state index in [-0.39, 0.29) is 18.2 Å². The van der Waals surface area contributed by atoms with E-state index in [0.717, 1.165) is 32.6 Å². The second-order valence-electron chi connectivity index (χ2n) is 8.52. The molecule has 1 saturated heterocycles. The number of anilines is 2. The topological polar surface area (TPSA) is 53.5 Å². The van der Waals surface area contributed by atoms with Crippen molar-refractivity contribution < 1.29 is 9.59 Å². The number of amides is 2. The van der Waals surface area contributed by atoms with Crippen molar-refractivity contribution in [3.63, 3.8) is 0 Å². The van der Waals surface area contributed by atoms with Gasteiger partial charge in [-0.2, -0.15) is 0 Å². The first-order valence-electron chi connectivity index (χ1n) is 11.1. The summed E-state index contributed by atoms with van der Waals surface area (Å²) < 4.78 is 1.10. The van der Waals surface area contributed by atoms with Gasteiger partial charge in [0.2, 0.25) is 11.8 Å². The Morgan fingerprint density at radius 3 is 2.36 bits per heavy atom. The predicted molar refractivity (Wildman–Crippen MR) is 134 cm³/mol. The average Bonchev–Trinajstić information content (AvgIpc) is 3.46. The first-order chi connectivity index (χ1) is 16.0. The van der Waals surface area contributed by atoms with Crippen LogP contribution in [0, 0.1) is 19.8 Å². The molecule has 1 aliphatic rings. The lowest BCUT2D eigenvalue weighted by atomic mass is 10.1. The molecule has 5 nitrogen and oxygen atoms in total. The number of fused-ring (bicyclic) bond motifs is 1. The van der Waals surface area contributed by atoms with Crippen LogP contribution >= 0.6 is 11.3 Å². The van der Waals surface area contributed by atoms with E-state index in [0.29, 0.717) is 18.2 Å². The van der Waals surface area contributed by atoms with Crippen molar-refractivity contribution in [2.24, 2.45) is 5.92 Å². The Kier molecular flexibility index (Phi) is 5.68. The van der Waals surface area contributed by atoms with E-state index >= 15 is 0 Å². The lowest BCUT2D eigenvalue weighted by Crippen LogP contribution is -2.37. The molecule has 3 aromatic carbocycles. The summed E-state index contributed by atoms with van der Waals surface area (Å²) in [4.78, 5) is 35.0. The van der Waals surface area contributed by atoms with Crippen molar-refractivity contribution in [3.05, 3.63) is 89.5 Å². The summed E-state index contributed by atoms with van der Waals surface area (Å²) >= 11 is 1.55. The largest absolute Gasteiger partial charge is 0.312 e. The van der Waals surface area contributed by atoms with Gasteiger partial charge in [-0.3, -0.25) is 14.5 Å². The Balaban J connectivity index is 1.50. The molecule has 0 spiro atoms. The Hall–Kier alpha value is -3.51. The van der Waals surface area contributed by atoms with E-state index < -0.39 is 5.92 Å². The third kappa shape index (κ3) is 4.14. The van der Waals surface area contributed by atoms with Crippen molar-refractivity contribution in [2.45, 2.75) is 26.8 Å². The standard InChI is InChI=1S/C27H25N3O2S/c1-18-13-14-19(2)25-24(18)28-27(33-25)30(16-20-9-5-3-6-10-20)26(32)21-15-23(31)29(17-21)22-11-7-4-8-12-22/h3-14,21H,15-17H2,1-2H3. The normalized spacial score (nSPS) is 15.9. The molecule has 1 unspecified atom stereocenters. The minimum absolute atomic E-state index is 0.0183. The molecule has 1 aromatic heterocycles. The van der Waals surface area contributed by atoms with Gasteiger partial charge >= 0.3 is 0 Å². The lowest BCUT2D eigenvalue weighted by Gasteiger charge is -2.23. The quantitative estimate of drug-likeness (QED) is 0.399. The molecule has 0 radical (unpaired) electrons. The van der Waals surface area contributed by atoms with Crippen LogP contribution in [-0.4, -0.2) is 23.3 Å². The number of carbonyl (C=O) groups is 2. The summed E-state index contributed by atoms with van der Waals surface area (Å²) in [5, 5.41) is 0.682. The summed E-state index contributed by atoms with van der Waals surface area (Å²) in [5.41, 5.74) is 5.05. The SMILES string of the molecule is Cc1ccc(C)c2sc(N(Cc3ccccc3)C(=O)C3CC(=O)N(c4ccccc4)C3)nc12. The fraction of sp³-hybridized carbons (Fsp3) is 0.222. The fourth-order valence-corrected chi connectivity index (χ4v) is 5.44. The van der Waals surface area contributed by atoms with Crippen LogP contribution in [0.4, 0.5) is 10.8 Å². The van der Waals surface area contributed by atoms with Gasteiger partial charge < -0.3 is 4.90 Å². The number of nitrogens with zero attached hydrogens (tertiary/aromatic N) is 3. The molecule has 2 amide bonds. The van der Waals surface area contributed by atoms with Crippen LogP contribution in [0.1, 0.15) is 23.1 Å². The van der Waals surface area contributed by atoms with E-state index in [1.54, 1.807) is 21.1 Å². The van der Waals surface area contributed by atoms with Gasteiger partial charge in [0.1, 0.15) is 0 Å². The fourth-order valence-electron chi connectivity index (χ4n) is 4.32. The highest BCUT2D eigenvalue weighted by atomic mass is 32.1. The van der Waals surface area contributed by atoms with Gasteiger partial charge in [-0.25, -0.2) is 4.98 Å². The maximum atomic E-state index is 13.8. The van der Waals surface area contributed by atoms with Gasteiger partial charge in [0, 0.05) is 18.7 Å². The summed E-state index contributed by atoms with van der Waals surface area (Å²) in [5.74, 6) is -0.481. The number of aromatic nitrogens is 1. The van der Waals surface area contributed by atoms with Gasteiger partial charge in [0.25, 0.3) is 0 Å². The average molecular weight is 456 g/mol. The molecule has 1 fully saturated rings. The first kappa shape index (κ1) is 21.3. The predicted octanol–water partition coefficient (Wildman–Crippen LogP) is 5.50. The zero-order valence-corrected chi connectivity index (χ0v) is 19.5. The molecular weight excluding hydrogens is 430 g/mol. The van der Waals surface area contributed by atoms with Crippen LogP contribution < -0.4 is 9.80 Å². The lowest BCUT2D eigenvalue weighted by molar-refractivity contribution is -0.124. The van der Waals surface area contributed by atoms with Gasteiger partial charge in [0.15, 0.2) is 5.13 Å². The highest BCUT2D eigenvalue weighted by molar-refractivity contribution is 7.22. The summed E-state index contributed by atoms with van der Waals surface area (Å²) in [6.45, 7) is 4.92. The molecule has 166 valence electrons. The van der Waals surface area contributed by atoms with E-state index in [4.69, 9.17) is 4.98 Å². The molecule has 33 heavy (non-hydrogen) atoms. The highest BCUT2D eigenvalue weighted by Crippen LogP contribution is 2.35. The molecule has 1 atom stereocenters. The zero-order valence-electron chi connectivity index (χ0n) is 18.7. The number of benzene rings is 3. The van der Waals surface area contributed by atoms with Crippen LogP contribution in [0.3, 0.4) is 0 Å². The smallest absolute Gasteiger partial charge is 0.234 e. The number of para-hydroxylation sites is 1. The van der Waals surface area contributed by atoms with Crippen molar-refractivity contribution in [2.75, 3.05) is 16.3 Å². The number of carbonyl (C=O) groups excluding carboxylic acids is 2. The molecule has 2 heterocycles. The Morgan fingerprint density at radius 2 is 1.67 bits per heavy atom. The minimum Gasteiger partial charge on any atom is -0.312 e. The molecule has 1 aliphatic heterocycles. The van der Waals surface area contributed by atoms with Gasteiger partial charge in [-0.15, -0.1) is 0 Å². The molecular formula is C27H25N3O2S. The van der Waals surface area contributed by atoms with Gasteiger partial charge in [-0.05, 0) is 42.7 Å². The minimum atomic E-state index is -0.407. The van der Waals surface area contributed by atoms with Crippen LogP contribution in [0.2, 0.25) is 0 Å². The third-order valence-electron chi connectivity index (χ3n) is 6.15. The highest BCUT2D eigenvalue weighted by Gasteiger charge is 2.38. The number of hydrogen-bond donors (Lipinski definition) is 0. The molecule has 6 heteroatoms. The molecule has 0 saturated carbocycles. The second kappa shape index (κ2) is 8.79. The zero-order chi connectivity index (χ0) is 22.9. The number of aryl methyl sites for hydroxylation is 2. The monoisotopic (exact) mass is 455 g/mol. The van der Waals surface area contributed by atoms with Crippen LogP contribution in [-0.2, 0) is 16.1 Å². The Labute approximate surface area is 197 Å². The van der Waals surface area contributed by atoms with Crippen molar-refractivity contribution in [3.8, 4) is 0 Å².